The number of amides is 1. The van der Waals surface area contributed by atoms with Gasteiger partial charge in [0, 0.05) is 12.6 Å². The summed E-state index contributed by atoms with van der Waals surface area (Å²) in [6.45, 7) is 4.09. The molecular weight excluding hydrogens is 182 g/mol. The Kier molecular flexibility index (Phi) is 3.64. The van der Waals surface area contributed by atoms with Gasteiger partial charge in [-0.05, 0) is 13.8 Å². The van der Waals surface area contributed by atoms with Crippen LogP contribution in [0, 0.1) is 6.92 Å². The first kappa shape index (κ1) is 10.7. The van der Waals surface area contributed by atoms with Crippen LogP contribution in [0.5, 0.6) is 0 Å². The molecule has 1 amide bonds. The van der Waals surface area contributed by atoms with Crippen LogP contribution in [-0.2, 0) is 11.2 Å². The molecule has 3 N–H and O–H groups in total. The largest absolute Gasteiger partial charge is 0.445 e. The SMILES string of the molecule is Cc1cnc(CC(=O)NCC(C)N)o1. The molecule has 0 spiro atoms. The molecule has 1 atom stereocenters. The lowest BCUT2D eigenvalue weighted by molar-refractivity contribution is -0.120. The van der Waals surface area contributed by atoms with E-state index >= 15 is 0 Å². The minimum absolute atomic E-state index is 0.0368. The van der Waals surface area contributed by atoms with Crippen LogP contribution < -0.4 is 11.1 Å². The fourth-order valence-corrected chi connectivity index (χ4v) is 0.958. The number of carbonyl (C=O) groups is 1. The maximum absolute atomic E-state index is 11.3. The lowest BCUT2D eigenvalue weighted by atomic mass is 10.3. The Balaban J connectivity index is 2.34. The van der Waals surface area contributed by atoms with Crippen molar-refractivity contribution < 1.29 is 9.21 Å². The van der Waals surface area contributed by atoms with Gasteiger partial charge >= 0.3 is 0 Å². The maximum atomic E-state index is 11.3. The van der Waals surface area contributed by atoms with Gasteiger partial charge in [-0.25, -0.2) is 4.98 Å². The Labute approximate surface area is 82.7 Å². The van der Waals surface area contributed by atoms with Gasteiger partial charge in [0.1, 0.15) is 12.2 Å². The van der Waals surface area contributed by atoms with Crippen LogP contribution in [0.4, 0.5) is 0 Å². The minimum Gasteiger partial charge on any atom is -0.445 e. The molecule has 14 heavy (non-hydrogen) atoms. The third-order valence-electron chi connectivity index (χ3n) is 1.60. The first-order chi connectivity index (χ1) is 6.58. The first-order valence-electron chi connectivity index (χ1n) is 4.51. The van der Waals surface area contributed by atoms with Crippen molar-refractivity contribution in [2.75, 3.05) is 6.54 Å². The molecule has 0 bridgehead atoms. The number of hydrogen-bond acceptors (Lipinski definition) is 4. The summed E-state index contributed by atoms with van der Waals surface area (Å²) < 4.78 is 5.16. The zero-order valence-electron chi connectivity index (χ0n) is 8.41. The molecule has 0 saturated heterocycles. The van der Waals surface area contributed by atoms with E-state index in [0.29, 0.717) is 18.2 Å². The van der Waals surface area contributed by atoms with Crippen molar-refractivity contribution in [3.05, 3.63) is 17.8 Å². The maximum Gasteiger partial charge on any atom is 0.229 e. The van der Waals surface area contributed by atoms with Gasteiger partial charge in [-0.1, -0.05) is 0 Å². The van der Waals surface area contributed by atoms with Crippen LogP contribution >= 0.6 is 0 Å². The van der Waals surface area contributed by atoms with Crippen molar-refractivity contribution in [1.29, 1.82) is 0 Å². The topological polar surface area (TPSA) is 81.2 Å². The molecule has 78 valence electrons. The summed E-state index contributed by atoms with van der Waals surface area (Å²) in [4.78, 5) is 15.2. The van der Waals surface area contributed by atoms with Crippen LogP contribution in [0.15, 0.2) is 10.6 Å². The molecule has 1 heterocycles. The third-order valence-corrected chi connectivity index (χ3v) is 1.60. The molecule has 1 aromatic heterocycles. The van der Waals surface area contributed by atoms with Gasteiger partial charge in [0.2, 0.25) is 11.8 Å². The monoisotopic (exact) mass is 197 g/mol. The molecule has 0 aliphatic rings. The van der Waals surface area contributed by atoms with E-state index in [9.17, 15) is 4.79 Å². The predicted octanol–water partition coefficient (Wildman–Crippen LogP) is -0.0111. The molecule has 0 radical (unpaired) electrons. The van der Waals surface area contributed by atoms with Gasteiger partial charge in [0.25, 0.3) is 0 Å². The molecule has 0 saturated carbocycles. The van der Waals surface area contributed by atoms with Gasteiger partial charge < -0.3 is 15.5 Å². The molecule has 0 fully saturated rings. The lowest BCUT2D eigenvalue weighted by Gasteiger charge is -2.05. The Morgan fingerprint density at radius 3 is 3.00 bits per heavy atom. The molecular formula is C9H15N3O2. The highest BCUT2D eigenvalue weighted by Gasteiger charge is 2.07. The molecule has 1 rings (SSSR count). The summed E-state index contributed by atoms with van der Waals surface area (Å²) in [5, 5.41) is 2.68. The lowest BCUT2D eigenvalue weighted by Crippen LogP contribution is -2.35. The Bertz CT molecular complexity index is 307. The standard InChI is InChI=1S/C9H15N3O2/c1-6(10)4-11-8(13)3-9-12-5-7(2)14-9/h5-6H,3-4,10H2,1-2H3,(H,11,13). The van der Waals surface area contributed by atoms with Crippen LogP contribution in [-0.4, -0.2) is 23.5 Å². The molecule has 5 heteroatoms. The minimum atomic E-state index is -0.121. The van der Waals surface area contributed by atoms with E-state index in [1.807, 2.05) is 6.92 Å². The fourth-order valence-electron chi connectivity index (χ4n) is 0.958. The van der Waals surface area contributed by atoms with Gasteiger partial charge in [0.05, 0.1) is 6.20 Å². The summed E-state index contributed by atoms with van der Waals surface area (Å²) in [5.41, 5.74) is 5.48. The van der Waals surface area contributed by atoms with E-state index in [1.165, 1.54) is 0 Å². The molecule has 0 aliphatic carbocycles. The zero-order valence-corrected chi connectivity index (χ0v) is 8.41. The number of hydrogen-bond donors (Lipinski definition) is 2. The van der Waals surface area contributed by atoms with Crippen LogP contribution in [0.25, 0.3) is 0 Å². The summed E-state index contributed by atoms with van der Waals surface area (Å²) in [6.07, 6.45) is 1.76. The van der Waals surface area contributed by atoms with Crippen molar-refractivity contribution in [2.24, 2.45) is 5.73 Å². The van der Waals surface area contributed by atoms with E-state index in [2.05, 4.69) is 10.3 Å². The second kappa shape index (κ2) is 4.76. The van der Waals surface area contributed by atoms with Crippen molar-refractivity contribution >= 4 is 5.91 Å². The number of aromatic nitrogens is 1. The van der Waals surface area contributed by atoms with Crippen LogP contribution in [0.2, 0.25) is 0 Å². The summed E-state index contributed by atoms with van der Waals surface area (Å²) in [5.74, 6) is 1.02. The predicted molar refractivity (Wildman–Crippen MR) is 51.6 cm³/mol. The zero-order chi connectivity index (χ0) is 10.6. The van der Waals surface area contributed by atoms with E-state index in [0.717, 1.165) is 0 Å². The Hall–Kier alpha value is -1.36. The van der Waals surface area contributed by atoms with Crippen LogP contribution in [0.1, 0.15) is 18.6 Å². The normalized spacial score (nSPS) is 12.5. The van der Waals surface area contributed by atoms with E-state index in [1.54, 1.807) is 13.1 Å². The number of nitrogens with zero attached hydrogens (tertiary/aromatic N) is 1. The highest BCUT2D eigenvalue weighted by molar-refractivity contribution is 5.77. The van der Waals surface area contributed by atoms with Gasteiger partial charge in [-0.2, -0.15) is 0 Å². The van der Waals surface area contributed by atoms with Gasteiger partial charge in [-0.3, -0.25) is 4.79 Å². The van der Waals surface area contributed by atoms with Crippen molar-refractivity contribution in [3.63, 3.8) is 0 Å². The highest BCUT2D eigenvalue weighted by Crippen LogP contribution is 2.01. The van der Waals surface area contributed by atoms with E-state index in [4.69, 9.17) is 10.2 Å². The molecule has 0 aliphatic heterocycles. The van der Waals surface area contributed by atoms with Crippen molar-refractivity contribution in [1.82, 2.24) is 10.3 Å². The number of nitrogens with one attached hydrogen (secondary N) is 1. The third kappa shape index (κ3) is 3.57. The number of oxazole rings is 1. The van der Waals surface area contributed by atoms with Crippen molar-refractivity contribution in [3.8, 4) is 0 Å². The summed E-state index contributed by atoms with van der Waals surface area (Å²) in [6, 6.07) is -0.0368. The average molecular weight is 197 g/mol. The molecule has 1 unspecified atom stereocenters. The first-order valence-corrected chi connectivity index (χ1v) is 4.51. The summed E-state index contributed by atoms with van der Waals surface area (Å²) >= 11 is 0. The fraction of sp³-hybridized carbons (Fsp3) is 0.556. The molecule has 1 aromatic rings. The number of carbonyl (C=O) groups excluding carboxylic acids is 1. The summed E-state index contributed by atoms with van der Waals surface area (Å²) in [7, 11) is 0. The quantitative estimate of drug-likeness (QED) is 0.711. The van der Waals surface area contributed by atoms with Crippen molar-refractivity contribution in [2.45, 2.75) is 26.3 Å². The average Bonchev–Trinajstić information content (AvgIpc) is 2.48. The van der Waals surface area contributed by atoms with Gasteiger partial charge in [-0.15, -0.1) is 0 Å². The molecule has 5 nitrogen and oxygen atoms in total. The van der Waals surface area contributed by atoms with Gasteiger partial charge in [0.15, 0.2) is 0 Å². The second-order valence-electron chi connectivity index (χ2n) is 3.32. The number of aryl methyl sites for hydroxylation is 1. The molecule has 0 aromatic carbocycles. The number of rotatable bonds is 4. The second-order valence-corrected chi connectivity index (χ2v) is 3.32. The highest BCUT2D eigenvalue weighted by atomic mass is 16.4. The Morgan fingerprint density at radius 2 is 2.50 bits per heavy atom. The number of nitrogens with two attached hydrogens (primary N) is 1. The smallest absolute Gasteiger partial charge is 0.229 e. The van der Waals surface area contributed by atoms with E-state index in [-0.39, 0.29) is 18.4 Å². The van der Waals surface area contributed by atoms with Crippen LogP contribution in [0.3, 0.4) is 0 Å². The van der Waals surface area contributed by atoms with E-state index < -0.39 is 0 Å². The Morgan fingerprint density at radius 1 is 1.79 bits per heavy atom.